The predicted molar refractivity (Wildman–Crippen MR) is 75.9 cm³/mol. The third-order valence-electron chi connectivity index (χ3n) is 3.04. The number of aromatic carboxylic acids is 1. The van der Waals surface area contributed by atoms with Crippen molar-refractivity contribution in [1.29, 1.82) is 0 Å². The summed E-state index contributed by atoms with van der Waals surface area (Å²) in [5, 5.41) is 17.0. The minimum atomic E-state index is -1.12. The number of benzene rings is 1. The first-order valence-electron chi connectivity index (χ1n) is 6.40. The fraction of sp³-hybridized carbons (Fsp3) is 0.357. The van der Waals surface area contributed by atoms with Gasteiger partial charge in [-0.2, -0.15) is 0 Å². The van der Waals surface area contributed by atoms with E-state index in [0.717, 1.165) is 0 Å². The smallest absolute Gasteiger partial charge is 0.358 e. The average Bonchev–Trinajstić information content (AvgIpc) is 2.91. The van der Waals surface area contributed by atoms with E-state index in [4.69, 9.17) is 9.47 Å². The lowest BCUT2D eigenvalue weighted by Crippen LogP contribution is -2.07. The molecule has 7 nitrogen and oxygen atoms in total. The Labute approximate surface area is 122 Å². The Bertz CT molecular complexity index is 664. The van der Waals surface area contributed by atoms with Crippen LogP contribution in [-0.2, 0) is 0 Å². The number of hydrogen-bond donors (Lipinski definition) is 1. The molecule has 2 aromatic rings. The Kier molecular flexibility index (Phi) is 4.11. The molecule has 21 heavy (non-hydrogen) atoms. The number of carboxylic acids is 1. The van der Waals surface area contributed by atoms with E-state index in [1.807, 2.05) is 13.8 Å². The lowest BCUT2D eigenvalue weighted by molar-refractivity contribution is 0.0691. The average molecular weight is 291 g/mol. The van der Waals surface area contributed by atoms with E-state index in [0.29, 0.717) is 22.8 Å². The van der Waals surface area contributed by atoms with E-state index >= 15 is 0 Å². The highest BCUT2D eigenvalue weighted by atomic mass is 16.5. The summed E-state index contributed by atoms with van der Waals surface area (Å²) < 4.78 is 12.0. The van der Waals surface area contributed by atoms with E-state index in [1.165, 1.54) is 7.11 Å². The maximum Gasteiger partial charge on any atom is 0.358 e. The van der Waals surface area contributed by atoms with Crippen LogP contribution in [0.5, 0.6) is 11.5 Å². The van der Waals surface area contributed by atoms with Crippen LogP contribution in [0.4, 0.5) is 0 Å². The van der Waals surface area contributed by atoms with Crippen molar-refractivity contribution in [3.8, 4) is 22.8 Å². The molecular weight excluding hydrogens is 274 g/mol. The molecule has 0 radical (unpaired) electrons. The minimum Gasteiger partial charge on any atom is -0.493 e. The van der Waals surface area contributed by atoms with Gasteiger partial charge in [-0.15, -0.1) is 5.10 Å². The van der Waals surface area contributed by atoms with Crippen molar-refractivity contribution >= 4 is 5.97 Å². The summed E-state index contributed by atoms with van der Waals surface area (Å²) in [5.74, 6) is -0.0313. The summed E-state index contributed by atoms with van der Waals surface area (Å²) in [6.45, 7) is 3.81. The Balaban J connectivity index is 2.65. The molecule has 2 rings (SSSR count). The third-order valence-corrected chi connectivity index (χ3v) is 3.04. The number of nitrogens with zero attached hydrogens (tertiary/aromatic N) is 3. The SMILES string of the molecule is COc1ccc(-c2c(C(=O)O)nnn2C(C)C)cc1OC. The molecule has 1 N–H and O–H groups in total. The van der Waals surface area contributed by atoms with E-state index in [1.54, 1.807) is 30.0 Å². The largest absolute Gasteiger partial charge is 0.493 e. The minimum absolute atomic E-state index is 0.0197. The van der Waals surface area contributed by atoms with E-state index in [-0.39, 0.29) is 11.7 Å². The second-order valence-corrected chi connectivity index (χ2v) is 4.70. The molecule has 0 atom stereocenters. The summed E-state index contributed by atoms with van der Waals surface area (Å²) in [6.07, 6.45) is 0. The first-order chi connectivity index (χ1) is 9.99. The Morgan fingerprint density at radius 1 is 1.24 bits per heavy atom. The summed E-state index contributed by atoms with van der Waals surface area (Å²) in [5.41, 5.74) is 1.01. The molecule has 1 aromatic carbocycles. The van der Waals surface area contributed by atoms with Gasteiger partial charge in [-0.25, -0.2) is 9.48 Å². The summed E-state index contributed by atoms with van der Waals surface area (Å²) in [7, 11) is 3.07. The Morgan fingerprint density at radius 3 is 2.43 bits per heavy atom. The molecule has 1 aromatic heterocycles. The van der Waals surface area contributed by atoms with Crippen LogP contribution >= 0.6 is 0 Å². The lowest BCUT2D eigenvalue weighted by atomic mass is 10.1. The molecule has 0 fully saturated rings. The van der Waals surface area contributed by atoms with E-state index in [9.17, 15) is 9.90 Å². The zero-order valence-corrected chi connectivity index (χ0v) is 12.3. The first kappa shape index (κ1) is 14.8. The summed E-state index contributed by atoms with van der Waals surface area (Å²) >= 11 is 0. The van der Waals surface area contributed by atoms with Crippen LogP contribution in [0.3, 0.4) is 0 Å². The molecule has 0 aliphatic carbocycles. The highest BCUT2D eigenvalue weighted by Crippen LogP contribution is 2.34. The lowest BCUT2D eigenvalue weighted by Gasteiger charge is -2.13. The van der Waals surface area contributed by atoms with Crippen molar-refractivity contribution in [2.24, 2.45) is 0 Å². The maximum absolute atomic E-state index is 11.3. The van der Waals surface area contributed by atoms with Gasteiger partial charge in [0.05, 0.1) is 14.2 Å². The van der Waals surface area contributed by atoms with Gasteiger partial charge in [0.15, 0.2) is 17.2 Å². The molecular formula is C14H17N3O4. The number of carboxylic acid groups (broad SMARTS) is 1. The standard InChI is InChI=1S/C14H17N3O4/c1-8(2)17-13(12(14(18)19)15-16-17)9-5-6-10(20-3)11(7-9)21-4/h5-8H,1-4H3,(H,18,19). The molecule has 0 amide bonds. The third kappa shape index (κ3) is 2.67. The van der Waals surface area contributed by atoms with Gasteiger partial charge in [0.25, 0.3) is 0 Å². The van der Waals surface area contributed by atoms with Crippen molar-refractivity contribution in [1.82, 2.24) is 15.0 Å². The number of rotatable bonds is 5. The van der Waals surface area contributed by atoms with Crippen molar-refractivity contribution in [2.45, 2.75) is 19.9 Å². The topological polar surface area (TPSA) is 86.5 Å². The molecule has 0 spiro atoms. The van der Waals surface area contributed by atoms with Gasteiger partial charge in [-0.3, -0.25) is 0 Å². The number of ether oxygens (including phenoxy) is 2. The van der Waals surface area contributed by atoms with Crippen LogP contribution in [0, 0.1) is 0 Å². The summed E-state index contributed by atoms with van der Waals surface area (Å²) in [6, 6.07) is 5.17. The molecule has 0 aliphatic rings. The van der Waals surface area contributed by atoms with Crippen LogP contribution in [0.15, 0.2) is 18.2 Å². The van der Waals surface area contributed by atoms with E-state index in [2.05, 4.69) is 10.3 Å². The van der Waals surface area contributed by atoms with E-state index < -0.39 is 5.97 Å². The molecule has 0 unspecified atom stereocenters. The molecule has 7 heteroatoms. The number of methoxy groups -OCH3 is 2. The predicted octanol–water partition coefficient (Wildman–Crippen LogP) is 2.24. The van der Waals surface area contributed by atoms with Gasteiger partial charge < -0.3 is 14.6 Å². The van der Waals surface area contributed by atoms with Gasteiger partial charge in [0.2, 0.25) is 0 Å². The molecule has 0 aliphatic heterocycles. The van der Waals surface area contributed by atoms with Gasteiger partial charge in [0.1, 0.15) is 5.69 Å². The molecule has 0 saturated heterocycles. The van der Waals surface area contributed by atoms with Crippen molar-refractivity contribution in [3.05, 3.63) is 23.9 Å². The first-order valence-corrected chi connectivity index (χ1v) is 6.40. The second kappa shape index (κ2) is 5.82. The van der Waals surface area contributed by atoms with Crippen LogP contribution in [-0.4, -0.2) is 40.3 Å². The maximum atomic E-state index is 11.3. The van der Waals surface area contributed by atoms with Gasteiger partial charge in [0, 0.05) is 11.6 Å². The Hall–Kier alpha value is -2.57. The molecule has 0 bridgehead atoms. The van der Waals surface area contributed by atoms with Crippen molar-refractivity contribution < 1.29 is 19.4 Å². The molecule has 0 saturated carbocycles. The number of carbonyl (C=O) groups is 1. The Morgan fingerprint density at radius 2 is 1.90 bits per heavy atom. The number of hydrogen-bond acceptors (Lipinski definition) is 5. The van der Waals surface area contributed by atoms with Crippen LogP contribution in [0.25, 0.3) is 11.3 Å². The molecule has 112 valence electrons. The van der Waals surface area contributed by atoms with Crippen molar-refractivity contribution in [3.63, 3.8) is 0 Å². The van der Waals surface area contributed by atoms with Crippen LogP contribution in [0.2, 0.25) is 0 Å². The van der Waals surface area contributed by atoms with Gasteiger partial charge in [-0.1, -0.05) is 5.21 Å². The van der Waals surface area contributed by atoms with Gasteiger partial charge >= 0.3 is 5.97 Å². The normalized spacial score (nSPS) is 10.7. The monoisotopic (exact) mass is 291 g/mol. The van der Waals surface area contributed by atoms with Gasteiger partial charge in [-0.05, 0) is 32.0 Å². The highest BCUT2D eigenvalue weighted by molar-refractivity contribution is 5.92. The van der Waals surface area contributed by atoms with Crippen LogP contribution < -0.4 is 9.47 Å². The highest BCUT2D eigenvalue weighted by Gasteiger charge is 2.22. The zero-order valence-electron chi connectivity index (χ0n) is 12.3. The van der Waals surface area contributed by atoms with Crippen molar-refractivity contribution in [2.75, 3.05) is 14.2 Å². The summed E-state index contributed by atoms with van der Waals surface area (Å²) in [4.78, 5) is 11.3. The molecule has 1 heterocycles. The quantitative estimate of drug-likeness (QED) is 0.909. The number of aromatic nitrogens is 3. The van der Waals surface area contributed by atoms with Crippen LogP contribution in [0.1, 0.15) is 30.4 Å². The fourth-order valence-corrected chi connectivity index (χ4v) is 2.05. The second-order valence-electron chi connectivity index (χ2n) is 4.70. The fourth-order valence-electron chi connectivity index (χ4n) is 2.05. The zero-order chi connectivity index (χ0) is 15.6.